The summed E-state index contributed by atoms with van der Waals surface area (Å²) < 4.78 is 0. The molecule has 0 bridgehead atoms. The molecule has 1 aromatic carbocycles. The second-order valence-corrected chi connectivity index (χ2v) is 3.96. The Balaban J connectivity index is 2.42. The summed E-state index contributed by atoms with van der Waals surface area (Å²) in [5.74, 6) is 0.709. The van der Waals surface area contributed by atoms with E-state index in [9.17, 15) is 0 Å². The molecule has 0 aliphatic carbocycles. The predicted octanol–water partition coefficient (Wildman–Crippen LogP) is 4.22. The lowest BCUT2D eigenvalue weighted by molar-refractivity contribution is 0.612. The Morgan fingerprint density at radius 2 is 1.93 bits per heavy atom. The first-order valence-electron chi connectivity index (χ1n) is 5.40. The van der Waals surface area contributed by atoms with E-state index in [1.807, 2.05) is 0 Å². The molecular weight excluding hydrogens is 168 g/mol. The molecule has 0 spiro atoms. The van der Waals surface area contributed by atoms with E-state index in [0.29, 0.717) is 5.92 Å². The molecule has 1 rings (SSSR count). The van der Waals surface area contributed by atoms with E-state index in [1.54, 1.807) is 0 Å². The highest BCUT2D eigenvalue weighted by atomic mass is 14.1. The van der Waals surface area contributed by atoms with Crippen LogP contribution in [0.1, 0.15) is 32.8 Å². The quantitative estimate of drug-likeness (QED) is 0.620. The van der Waals surface area contributed by atoms with Gasteiger partial charge < -0.3 is 0 Å². The molecule has 1 unspecified atom stereocenters. The third kappa shape index (κ3) is 3.37. The molecule has 0 aromatic heterocycles. The lowest BCUT2D eigenvalue weighted by Crippen LogP contribution is -1.98. The van der Waals surface area contributed by atoms with Gasteiger partial charge in [0.25, 0.3) is 0 Å². The van der Waals surface area contributed by atoms with Gasteiger partial charge in [0, 0.05) is 0 Å². The van der Waals surface area contributed by atoms with Crippen molar-refractivity contribution < 1.29 is 0 Å². The molecule has 0 heteroatoms. The first-order valence-corrected chi connectivity index (χ1v) is 5.40. The molecule has 0 fully saturated rings. The third-order valence-corrected chi connectivity index (χ3v) is 2.94. The molecule has 0 saturated carbocycles. The van der Waals surface area contributed by atoms with Gasteiger partial charge in [0.05, 0.1) is 0 Å². The Labute approximate surface area is 87.7 Å². The topological polar surface area (TPSA) is 0 Å². The van der Waals surface area contributed by atoms with E-state index in [2.05, 4.69) is 57.2 Å². The van der Waals surface area contributed by atoms with Gasteiger partial charge in [-0.3, -0.25) is 0 Å². The molecule has 1 atom stereocenters. The highest BCUT2D eigenvalue weighted by molar-refractivity contribution is 5.15. The lowest BCUT2D eigenvalue weighted by Gasteiger charge is -2.11. The molecule has 0 N–H and O–H groups in total. The van der Waals surface area contributed by atoms with Crippen molar-refractivity contribution in [3.8, 4) is 0 Å². The van der Waals surface area contributed by atoms with Crippen molar-refractivity contribution in [3.63, 3.8) is 0 Å². The third-order valence-electron chi connectivity index (χ3n) is 2.94. The Morgan fingerprint density at radius 3 is 2.50 bits per heavy atom. The first kappa shape index (κ1) is 11.0. The zero-order valence-electron chi connectivity index (χ0n) is 9.46. The summed E-state index contributed by atoms with van der Waals surface area (Å²) in [6.45, 7) is 6.64. The summed E-state index contributed by atoms with van der Waals surface area (Å²) in [5, 5.41) is 0. The molecule has 0 saturated heterocycles. The van der Waals surface area contributed by atoms with E-state index in [1.165, 1.54) is 24.0 Å². The van der Waals surface area contributed by atoms with E-state index < -0.39 is 0 Å². The minimum Gasteiger partial charge on any atom is -0.0885 e. The molecule has 0 aliphatic rings. The Morgan fingerprint density at radius 1 is 1.29 bits per heavy atom. The Bertz CT molecular complexity index is 282. The van der Waals surface area contributed by atoms with Crippen LogP contribution in [0.3, 0.4) is 0 Å². The largest absolute Gasteiger partial charge is 0.0885 e. The average Bonchev–Trinajstić information content (AvgIpc) is 2.26. The van der Waals surface area contributed by atoms with Gasteiger partial charge in [-0.2, -0.15) is 0 Å². The van der Waals surface area contributed by atoms with Gasteiger partial charge in [0.2, 0.25) is 0 Å². The van der Waals surface area contributed by atoms with Crippen LogP contribution in [0.2, 0.25) is 0 Å². The van der Waals surface area contributed by atoms with E-state index in [4.69, 9.17) is 0 Å². The van der Waals surface area contributed by atoms with Crippen LogP contribution in [0.5, 0.6) is 0 Å². The summed E-state index contributed by atoms with van der Waals surface area (Å²) in [6, 6.07) is 10.7. The van der Waals surface area contributed by atoms with Crippen molar-refractivity contribution in [3.05, 3.63) is 47.5 Å². The molecular formula is C14H20. The summed E-state index contributed by atoms with van der Waals surface area (Å²) in [4.78, 5) is 0. The fourth-order valence-electron chi connectivity index (χ4n) is 1.54. The van der Waals surface area contributed by atoms with Crippen LogP contribution >= 0.6 is 0 Å². The molecule has 0 heterocycles. The van der Waals surface area contributed by atoms with Gasteiger partial charge in [-0.1, -0.05) is 48.9 Å². The van der Waals surface area contributed by atoms with Gasteiger partial charge in [-0.25, -0.2) is 0 Å². The van der Waals surface area contributed by atoms with E-state index in [-0.39, 0.29) is 0 Å². The van der Waals surface area contributed by atoms with Crippen LogP contribution in [-0.4, -0.2) is 0 Å². The van der Waals surface area contributed by atoms with Crippen LogP contribution in [0.15, 0.2) is 42.0 Å². The minimum atomic E-state index is 0.709. The summed E-state index contributed by atoms with van der Waals surface area (Å²) in [5.41, 5.74) is 2.95. The fraction of sp³-hybridized carbons (Fsp3) is 0.429. The SMILES string of the molecule is C/C=C(/C)C(C)CCc1ccccc1. The van der Waals surface area contributed by atoms with Crippen molar-refractivity contribution in [2.75, 3.05) is 0 Å². The Hall–Kier alpha value is -1.04. The van der Waals surface area contributed by atoms with E-state index in [0.717, 1.165) is 0 Å². The zero-order chi connectivity index (χ0) is 10.4. The van der Waals surface area contributed by atoms with Crippen LogP contribution < -0.4 is 0 Å². The fourth-order valence-corrected chi connectivity index (χ4v) is 1.54. The minimum absolute atomic E-state index is 0.709. The number of benzene rings is 1. The molecule has 1 aromatic rings. The van der Waals surface area contributed by atoms with Gasteiger partial charge >= 0.3 is 0 Å². The molecule has 76 valence electrons. The van der Waals surface area contributed by atoms with Gasteiger partial charge in [-0.15, -0.1) is 0 Å². The standard InChI is InChI=1S/C14H20/c1-4-12(2)13(3)10-11-14-8-6-5-7-9-14/h4-9,13H,10-11H2,1-3H3/b12-4-. The normalized spacial score (nSPS) is 14.1. The highest BCUT2D eigenvalue weighted by Crippen LogP contribution is 2.16. The highest BCUT2D eigenvalue weighted by Gasteiger charge is 2.03. The van der Waals surface area contributed by atoms with Crippen LogP contribution in [0, 0.1) is 5.92 Å². The molecule has 0 radical (unpaired) electrons. The summed E-state index contributed by atoms with van der Waals surface area (Å²) in [6.07, 6.45) is 4.66. The summed E-state index contributed by atoms with van der Waals surface area (Å²) in [7, 11) is 0. The Kier molecular flexibility index (Phi) is 4.45. The first-order chi connectivity index (χ1) is 6.74. The summed E-state index contributed by atoms with van der Waals surface area (Å²) >= 11 is 0. The van der Waals surface area contributed by atoms with Gasteiger partial charge in [0.15, 0.2) is 0 Å². The van der Waals surface area contributed by atoms with Crippen molar-refractivity contribution in [2.45, 2.75) is 33.6 Å². The van der Waals surface area contributed by atoms with Crippen LogP contribution in [-0.2, 0) is 6.42 Å². The lowest BCUT2D eigenvalue weighted by atomic mass is 9.95. The molecule has 0 aliphatic heterocycles. The number of hydrogen-bond acceptors (Lipinski definition) is 0. The zero-order valence-corrected chi connectivity index (χ0v) is 9.46. The molecule has 0 amide bonds. The smallest absolute Gasteiger partial charge is 0.0231 e. The maximum atomic E-state index is 2.30. The maximum absolute atomic E-state index is 2.30. The number of aryl methyl sites for hydroxylation is 1. The van der Waals surface area contributed by atoms with Gasteiger partial charge in [-0.05, 0) is 38.2 Å². The molecule has 0 nitrogen and oxygen atoms in total. The number of allylic oxidation sites excluding steroid dienone is 2. The van der Waals surface area contributed by atoms with Crippen molar-refractivity contribution in [1.82, 2.24) is 0 Å². The van der Waals surface area contributed by atoms with Crippen LogP contribution in [0.4, 0.5) is 0 Å². The van der Waals surface area contributed by atoms with Crippen LogP contribution in [0.25, 0.3) is 0 Å². The number of hydrogen-bond donors (Lipinski definition) is 0. The monoisotopic (exact) mass is 188 g/mol. The van der Waals surface area contributed by atoms with Crippen molar-refractivity contribution in [2.24, 2.45) is 5.92 Å². The van der Waals surface area contributed by atoms with Gasteiger partial charge in [0.1, 0.15) is 0 Å². The maximum Gasteiger partial charge on any atom is -0.0231 e. The van der Waals surface area contributed by atoms with E-state index >= 15 is 0 Å². The second kappa shape index (κ2) is 5.64. The average molecular weight is 188 g/mol. The second-order valence-electron chi connectivity index (χ2n) is 3.96. The van der Waals surface area contributed by atoms with Crippen molar-refractivity contribution in [1.29, 1.82) is 0 Å². The number of rotatable bonds is 4. The van der Waals surface area contributed by atoms with Crippen molar-refractivity contribution >= 4 is 0 Å². The predicted molar refractivity (Wildman–Crippen MR) is 63.4 cm³/mol. The molecule has 14 heavy (non-hydrogen) atoms.